The van der Waals surface area contributed by atoms with Crippen LogP contribution in [0.25, 0.3) is 0 Å². The van der Waals surface area contributed by atoms with Gasteiger partial charge in [-0.1, -0.05) is 12.1 Å². The van der Waals surface area contributed by atoms with Crippen LogP contribution in [0.15, 0.2) is 24.3 Å². The van der Waals surface area contributed by atoms with E-state index in [4.69, 9.17) is 0 Å². The Morgan fingerprint density at radius 2 is 2.00 bits per heavy atom. The van der Waals surface area contributed by atoms with E-state index in [1.54, 1.807) is 12.1 Å². The number of hydrogen-bond donors (Lipinski definition) is 2. The van der Waals surface area contributed by atoms with Crippen molar-refractivity contribution in [2.45, 2.75) is 6.42 Å². The average molecular weight is 247 g/mol. The van der Waals surface area contributed by atoms with Crippen LogP contribution in [-0.4, -0.2) is 26.0 Å². The number of carbonyl (C=O) groups excluding carboxylic acids is 1. The molecule has 3 nitrogen and oxygen atoms in total. The summed E-state index contributed by atoms with van der Waals surface area (Å²) < 4.78 is 13.1. The SMILES string of the molecule is CNCCCNC(=O)c1ccccc1F.Cl. The predicted molar refractivity (Wildman–Crippen MR) is 64.5 cm³/mol. The molecule has 1 amide bonds. The summed E-state index contributed by atoms with van der Waals surface area (Å²) in [5, 5.41) is 5.62. The Labute approximate surface area is 101 Å². The molecule has 0 saturated heterocycles. The maximum atomic E-state index is 13.1. The predicted octanol–water partition coefficient (Wildman–Crippen LogP) is 1.59. The summed E-state index contributed by atoms with van der Waals surface area (Å²) in [6.45, 7) is 1.38. The fraction of sp³-hybridized carbons (Fsp3) is 0.364. The van der Waals surface area contributed by atoms with Gasteiger partial charge < -0.3 is 10.6 Å². The zero-order chi connectivity index (χ0) is 11.1. The molecule has 90 valence electrons. The molecule has 0 heterocycles. The van der Waals surface area contributed by atoms with Crippen molar-refractivity contribution in [3.8, 4) is 0 Å². The highest BCUT2D eigenvalue weighted by Gasteiger charge is 2.08. The van der Waals surface area contributed by atoms with Crippen LogP contribution in [0.4, 0.5) is 4.39 Å². The standard InChI is InChI=1S/C11H15FN2O.ClH/c1-13-7-4-8-14-11(15)9-5-2-3-6-10(9)12;/h2-3,5-6,13H,4,7-8H2,1H3,(H,14,15);1H. The number of nitrogens with one attached hydrogen (secondary N) is 2. The van der Waals surface area contributed by atoms with E-state index in [0.29, 0.717) is 6.54 Å². The molecule has 0 radical (unpaired) electrons. The van der Waals surface area contributed by atoms with Gasteiger partial charge in [-0.05, 0) is 32.1 Å². The third-order valence-corrected chi connectivity index (χ3v) is 2.01. The molecular weight excluding hydrogens is 231 g/mol. The van der Waals surface area contributed by atoms with Gasteiger partial charge in [-0.25, -0.2) is 4.39 Å². The van der Waals surface area contributed by atoms with Crippen LogP contribution in [0.5, 0.6) is 0 Å². The van der Waals surface area contributed by atoms with Crippen LogP contribution in [0.3, 0.4) is 0 Å². The quantitative estimate of drug-likeness (QED) is 0.775. The summed E-state index contributed by atoms with van der Waals surface area (Å²) in [6, 6.07) is 5.96. The van der Waals surface area contributed by atoms with Gasteiger partial charge in [-0.15, -0.1) is 12.4 Å². The molecule has 0 bridgehead atoms. The Morgan fingerprint density at radius 1 is 1.31 bits per heavy atom. The Kier molecular flexibility index (Phi) is 7.50. The number of amides is 1. The molecule has 0 aliphatic carbocycles. The third kappa shape index (κ3) is 4.59. The van der Waals surface area contributed by atoms with Gasteiger partial charge in [-0.3, -0.25) is 4.79 Å². The highest BCUT2D eigenvalue weighted by molar-refractivity contribution is 5.94. The fourth-order valence-corrected chi connectivity index (χ4v) is 1.21. The minimum Gasteiger partial charge on any atom is -0.352 e. The molecule has 0 saturated carbocycles. The number of carbonyl (C=O) groups is 1. The summed E-state index contributed by atoms with van der Waals surface area (Å²) in [7, 11) is 1.85. The summed E-state index contributed by atoms with van der Waals surface area (Å²) in [4.78, 5) is 11.5. The summed E-state index contributed by atoms with van der Waals surface area (Å²) in [5.41, 5.74) is 0.0990. The molecule has 0 aromatic heterocycles. The maximum Gasteiger partial charge on any atom is 0.254 e. The van der Waals surface area contributed by atoms with Crippen LogP contribution < -0.4 is 10.6 Å². The minimum atomic E-state index is -0.483. The number of benzene rings is 1. The van der Waals surface area contributed by atoms with Gasteiger partial charge in [0.25, 0.3) is 5.91 Å². The molecule has 0 aliphatic heterocycles. The lowest BCUT2D eigenvalue weighted by Gasteiger charge is -2.05. The van der Waals surface area contributed by atoms with Gasteiger partial charge >= 0.3 is 0 Å². The van der Waals surface area contributed by atoms with E-state index in [9.17, 15) is 9.18 Å². The van der Waals surface area contributed by atoms with Crippen LogP contribution in [0.1, 0.15) is 16.8 Å². The van der Waals surface area contributed by atoms with E-state index in [1.165, 1.54) is 12.1 Å². The van der Waals surface area contributed by atoms with Crippen molar-refractivity contribution in [2.24, 2.45) is 0 Å². The molecule has 0 atom stereocenters. The molecule has 0 fully saturated rings. The smallest absolute Gasteiger partial charge is 0.254 e. The molecule has 0 unspecified atom stereocenters. The minimum absolute atomic E-state index is 0. The van der Waals surface area contributed by atoms with Gasteiger partial charge in [0.2, 0.25) is 0 Å². The molecule has 1 aromatic rings. The van der Waals surface area contributed by atoms with E-state index in [-0.39, 0.29) is 23.9 Å². The number of hydrogen-bond acceptors (Lipinski definition) is 2. The molecule has 0 aliphatic rings. The highest BCUT2D eigenvalue weighted by atomic mass is 35.5. The van der Waals surface area contributed by atoms with Crippen LogP contribution >= 0.6 is 12.4 Å². The van der Waals surface area contributed by atoms with E-state index in [1.807, 2.05) is 7.05 Å². The first kappa shape index (κ1) is 14.9. The van der Waals surface area contributed by atoms with E-state index in [2.05, 4.69) is 10.6 Å². The zero-order valence-corrected chi connectivity index (χ0v) is 9.94. The Balaban J connectivity index is 0.00000225. The lowest BCUT2D eigenvalue weighted by atomic mass is 10.2. The third-order valence-electron chi connectivity index (χ3n) is 2.01. The summed E-state index contributed by atoms with van der Waals surface area (Å²) in [5.74, 6) is -0.840. The fourth-order valence-electron chi connectivity index (χ4n) is 1.21. The lowest BCUT2D eigenvalue weighted by molar-refractivity contribution is 0.0949. The second kappa shape index (κ2) is 8.07. The summed E-state index contributed by atoms with van der Waals surface area (Å²) in [6.07, 6.45) is 0.830. The second-order valence-electron chi connectivity index (χ2n) is 3.19. The lowest BCUT2D eigenvalue weighted by Crippen LogP contribution is -2.27. The topological polar surface area (TPSA) is 41.1 Å². The number of halogens is 2. The van der Waals surface area contributed by atoms with Crippen LogP contribution in [-0.2, 0) is 0 Å². The van der Waals surface area contributed by atoms with Gasteiger partial charge in [0.1, 0.15) is 5.82 Å². The maximum absolute atomic E-state index is 13.1. The van der Waals surface area contributed by atoms with Crippen molar-refractivity contribution >= 4 is 18.3 Å². The van der Waals surface area contributed by atoms with Gasteiger partial charge in [0, 0.05) is 6.54 Å². The molecule has 5 heteroatoms. The first-order valence-corrected chi connectivity index (χ1v) is 4.93. The largest absolute Gasteiger partial charge is 0.352 e. The van der Waals surface area contributed by atoms with Crippen molar-refractivity contribution in [1.29, 1.82) is 0 Å². The molecule has 1 aromatic carbocycles. The van der Waals surface area contributed by atoms with Crippen molar-refractivity contribution in [2.75, 3.05) is 20.1 Å². The first-order chi connectivity index (χ1) is 7.25. The van der Waals surface area contributed by atoms with E-state index >= 15 is 0 Å². The Morgan fingerprint density at radius 3 is 2.62 bits per heavy atom. The van der Waals surface area contributed by atoms with E-state index in [0.717, 1.165) is 13.0 Å². The molecule has 2 N–H and O–H groups in total. The number of rotatable bonds is 5. The Hall–Kier alpha value is -1.13. The molecule has 0 spiro atoms. The molecule has 16 heavy (non-hydrogen) atoms. The average Bonchev–Trinajstić information content (AvgIpc) is 2.25. The summed E-state index contributed by atoms with van der Waals surface area (Å²) >= 11 is 0. The van der Waals surface area contributed by atoms with Crippen molar-refractivity contribution in [3.63, 3.8) is 0 Å². The van der Waals surface area contributed by atoms with Crippen LogP contribution in [0.2, 0.25) is 0 Å². The molecular formula is C11H16ClFN2O. The zero-order valence-electron chi connectivity index (χ0n) is 9.13. The second-order valence-corrected chi connectivity index (χ2v) is 3.19. The van der Waals surface area contributed by atoms with Crippen LogP contribution in [0, 0.1) is 5.82 Å². The van der Waals surface area contributed by atoms with E-state index < -0.39 is 5.82 Å². The van der Waals surface area contributed by atoms with Gasteiger partial charge in [0.05, 0.1) is 5.56 Å². The normalized spacial score (nSPS) is 9.38. The van der Waals surface area contributed by atoms with Gasteiger partial charge in [0.15, 0.2) is 0 Å². The first-order valence-electron chi connectivity index (χ1n) is 4.93. The monoisotopic (exact) mass is 246 g/mol. The van der Waals surface area contributed by atoms with Gasteiger partial charge in [-0.2, -0.15) is 0 Å². The van der Waals surface area contributed by atoms with Crippen molar-refractivity contribution in [1.82, 2.24) is 10.6 Å². The molecule has 1 rings (SSSR count). The Bertz CT molecular complexity index is 334. The highest BCUT2D eigenvalue weighted by Crippen LogP contribution is 2.05. The van der Waals surface area contributed by atoms with Crippen molar-refractivity contribution in [3.05, 3.63) is 35.6 Å². The van der Waals surface area contributed by atoms with Crippen molar-refractivity contribution < 1.29 is 9.18 Å².